The van der Waals surface area contributed by atoms with Crippen molar-refractivity contribution in [2.45, 2.75) is 16.8 Å². The largest absolute Gasteiger partial charge is 0.446 e. The van der Waals surface area contributed by atoms with Gasteiger partial charge in [-0.05, 0) is 42.0 Å². The third kappa shape index (κ3) is 5.74. The van der Waals surface area contributed by atoms with E-state index in [1.54, 1.807) is 6.07 Å². The van der Waals surface area contributed by atoms with Crippen molar-refractivity contribution in [3.8, 4) is 0 Å². The minimum atomic E-state index is -4.31. The first kappa shape index (κ1) is 14.1. The van der Waals surface area contributed by atoms with Crippen LogP contribution in [0.2, 0.25) is 0 Å². The highest BCUT2D eigenvalue weighted by Crippen LogP contribution is 2.36. The summed E-state index contributed by atoms with van der Waals surface area (Å²) in [4.78, 5) is 0.0940. The molecule has 0 radical (unpaired) electrons. The normalized spacial score (nSPS) is 12.9. The second-order valence-corrected chi connectivity index (χ2v) is 4.39. The maximum Gasteiger partial charge on any atom is 0.446 e. The molecule has 0 amide bonds. The zero-order valence-electron chi connectivity index (χ0n) is 8.80. The van der Waals surface area contributed by atoms with E-state index in [-0.39, 0.29) is 29.6 Å². The van der Waals surface area contributed by atoms with Gasteiger partial charge in [-0.25, -0.2) is 4.39 Å². The van der Waals surface area contributed by atoms with Crippen molar-refractivity contribution in [2.24, 2.45) is 5.73 Å². The molecule has 0 fully saturated rings. The molecule has 0 bridgehead atoms. The maximum absolute atomic E-state index is 12.7. The van der Waals surface area contributed by atoms with Crippen molar-refractivity contribution in [3.63, 3.8) is 0 Å². The Hall–Kier alpha value is -1.01. The molecule has 0 spiro atoms. The number of alkyl halides is 3. The van der Waals surface area contributed by atoms with Crippen LogP contribution < -0.4 is 5.73 Å². The minimum Gasteiger partial charge on any atom is -0.325 e. The Morgan fingerprint density at radius 3 is 2.65 bits per heavy atom. The number of allylic oxidation sites excluding steroid dienone is 1. The van der Waals surface area contributed by atoms with Crippen LogP contribution in [-0.4, -0.2) is 12.1 Å². The Balaban J connectivity index is 2.73. The SMILES string of the molecule is NCC(F)=CCc1cccc(SC(F)(F)F)c1. The van der Waals surface area contributed by atoms with E-state index in [2.05, 4.69) is 0 Å². The van der Waals surface area contributed by atoms with Crippen LogP contribution in [0, 0.1) is 0 Å². The van der Waals surface area contributed by atoms with E-state index in [1.807, 2.05) is 0 Å². The molecule has 94 valence electrons. The average Bonchev–Trinajstić information content (AvgIpc) is 2.24. The lowest BCUT2D eigenvalue weighted by molar-refractivity contribution is -0.0328. The van der Waals surface area contributed by atoms with E-state index in [0.29, 0.717) is 5.56 Å². The molecule has 1 rings (SSSR count). The molecule has 1 nitrogen and oxygen atoms in total. The lowest BCUT2D eigenvalue weighted by Gasteiger charge is -2.06. The first-order valence-electron chi connectivity index (χ1n) is 4.80. The van der Waals surface area contributed by atoms with Crippen LogP contribution in [0.1, 0.15) is 5.56 Å². The molecule has 0 aliphatic carbocycles. The Kier molecular flexibility index (Phi) is 5.02. The van der Waals surface area contributed by atoms with Crippen molar-refractivity contribution >= 4 is 11.8 Å². The van der Waals surface area contributed by atoms with Crippen LogP contribution in [0.3, 0.4) is 0 Å². The molecule has 1 aromatic rings. The van der Waals surface area contributed by atoms with Crippen LogP contribution in [0.15, 0.2) is 41.1 Å². The van der Waals surface area contributed by atoms with Crippen molar-refractivity contribution in [1.82, 2.24) is 0 Å². The zero-order valence-corrected chi connectivity index (χ0v) is 9.61. The fourth-order valence-electron chi connectivity index (χ4n) is 1.18. The number of halogens is 4. The molecular formula is C11H11F4NS. The predicted octanol–water partition coefficient (Wildman–Crippen LogP) is 3.65. The Morgan fingerprint density at radius 2 is 2.06 bits per heavy atom. The molecule has 0 saturated carbocycles. The second kappa shape index (κ2) is 6.07. The van der Waals surface area contributed by atoms with E-state index in [4.69, 9.17) is 5.73 Å². The van der Waals surface area contributed by atoms with Crippen LogP contribution >= 0.6 is 11.8 Å². The van der Waals surface area contributed by atoms with Crippen molar-refractivity contribution in [2.75, 3.05) is 6.54 Å². The van der Waals surface area contributed by atoms with E-state index in [1.165, 1.54) is 24.3 Å². The molecule has 0 aliphatic heterocycles. The molecule has 0 heterocycles. The number of hydrogen-bond acceptors (Lipinski definition) is 2. The molecule has 0 unspecified atom stereocenters. The summed E-state index contributed by atoms with van der Waals surface area (Å²) in [5, 5.41) is 0. The lowest BCUT2D eigenvalue weighted by Crippen LogP contribution is -2.00. The van der Waals surface area contributed by atoms with Crippen molar-refractivity contribution in [3.05, 3.63) is 41.7 Å². The smallest absolute Gasteiger partial charge is 0.325 e. The topological polar surface area (TPSA) is 26.0 Å². The van der Waals surface area contributed by atoms with Gasteiger partial charge in [-0.2, -0.15) is 13.2 Å². The van der Waals surface area contributed by atoms with E-state index in [0.717, 1.165) is 0 Å². The molecule has 0 saturated heterocycles. The summed E-state index contributed by atoms with van der Waals surface area (Å²) in [6, 6.07) is 5.90. The summed E-state index contributed by atoms with van der Waals surface area (Å²) in [7, 11) is 0. The monoisotopic (exact) mass is 265 g/mol. The first-order valence-corrected chi connectivity index (χ1v) is 5.61. The summed E-state index contributed by atoms with van der Waals surface area (Å²) < 4.78 is 49.1. The van der Waals surface area contributed by atoms with Crippen LogP contribution in [0.5, 0.6) is 0 Å². The zero-order chi connectivity index (χ0) is 12.9. The highest BCUT2D eigenvalue weighted by atomic mass is 32.2. The van der Waals surface area contributed by atoms with Crippen molar-refractivity contribution in [1.29, 1.82) is 0 Å². The average molecular weight is 265 g/mol. The standard InChI is InChI=1S/C11H11F4NS/c12-9(7-16)5-4-8-2-1-3-10(6-8)17-11(13,14)15/h1-3,5-6H,4,7,16H2. The van der Waals surface area contributed by atoms with Crippen LogP contribution in [0.4, 0.5) is 17.6 Å². The minimum absolute atomic E-state index is 0.0940. The highest BCUT2D eigenvalue weighted by Gasteiger charge is 2.29. The quantitative estimate of drug-likeness (QED) is 0.664. The third-order valence-corrected chi connectivity index (χ3v) is 2.61. The number of thioether (sulfide) groups is 1. The number of nitrogens with two attached hydrogens (primary N) is 1. The number of rotatable bonds is 4. The molecular weight excluding hydrogens is 254 g/mol. The molecule has 1 aromatic carbocycles. The molecule has 6 heteroatoms. The molecule has 17 heavy (non-hydrogen) atoms. The highest BCUT2D eigenvalue weighted by molar-refractivity contribution is 8.00. The van der Waals surface area contributed by atoms with Crippen LogP contribution in [-0.2, 0) is 6.42 Å². The third-order valence-electron chi connectivity index (χ3n) is 1.89. The molecule has 2 N–H and O–H groups in total. The Labute approximate surface area is 101 Å². The Bertz CT molecular complexity index is 401. The first-order chi connectivity index (χ1) is 7.90. The fourth-order valence-corrected chi connectivity index (χ4v) is 1.81. The van der Waals surface area contributed by atoms with Gasteiger partial charge in [-0.15, -0.1) is 0 Å². The predicted molar refractivity (Wildman–Crippen MR) is 60.3 cm³/mol. The molecule has 0 atom stereocenters. The summed E-state index contributed by atoms with van der Waals surface area (Å²) in [6.45, 7) is -0.197. The number of benzene rings is 1. The maximum atomic E-state index is 12.7. The molecule has 0 aromatic heterocycles. The summed E-state index contributed by atoms with van der Waals surface area (Å²) in [5.74, 6) is -0.473. The van der Waals surface area contributed by atoms with E-state index in [9.17, 15) is 17.6 Å². The van der Waals surface area contributed by atoms with Crippen LogP contribution in [0.25, 0.3) is 0 Å². The van der Waals surface area contributed by atoms with Gasteiger partial charge in [0, 0.05) is 11.4 Å². The van der Waals surface area contributed by atoms with E-state index >= 15 is 0 Å². The number of hydrogen-bond donors (Lipinski definition) is 1. The van der Waals surface area contributed by atoms with Gasteiger partial charge < -0.3 is 5.73 Å². The van der Waals surface area contributed by atoms with Crippen molar-refractivity contribution < 1.29 is 17.6 Å². The van der Waals surface area contributed by atoms with Gasteiger partial charge in [-0.1, -0.05) is 12.1 Å². The summed E-state index contributed by atoms with van der Waals surface area (Å²) in [6.07, 6.45) is 1.49. The van der Waals surface area contributed by atoms with Gasteiger partial charge in [0.1, 0.15) is 5.83 Å². The van der Waals surface area contributed by atoms with Gasteiger partial charge >= 0.3 is 5.51 Å². The second-order valence-electron chi connectivity index (χ2n) is 3.25. The lowest BCUT2D eigenvalue weighted by atomic mass is 10.1. The molecule has 0 aliphatic rings. The summed E-state index contributed by atoms with van der Waals surface area (Å²) >= 11 is -0.184. The van der Waals surface area contributed by atoms with E-state index < -0.39 is 11.3 Å². The van der Waals surface area contributed by atoms with Gasteiger partial charge in [0.2, 0.25) is 0 Å². The Morgan fingerprint density at radius 1 is 1.35 bits per heavy atom. The van der Waals surface area contributed by atoms with Gasteiger partial charge in [0.05, 0.1) is 0 Å². The summed E-state index contributed by atoms with van der Waals surface area (Å²) in [5.41, 5.74) is 1.36. The van der Waals surface area contributed by atoms with Gasteiger partial charge in [0.15, 0.2) is 0 Å². The van der Waals surface area contributed by atoms with Gasteiger partial charge in [-0.3, -0.25) is 0 Å². The fraction of sp³-hybridized carbons (Fsp3) is 0.273. The van der Waals surface area contributed by atoms with Gasteiger partial charge in [0.25, 0.3) is 0 Å².